The highest BCUT2D eigenvalue weighted by Crippen LogP contribution is 2.40. The van der Waals surface area contributed by atoms with Crippen LogP contribution in [-0.4, -0.2) is 61.3 Å². The third-order valence-electron chi connectivity index (χ3n) is 5.63. The number of rotatable bonds is 3. The molecule has 3 amide bonds. The van der Waals surface area contributed by atoms with Crippen LogP contribution in [0.5, 0.6) is 0 Å². The van der Waals surface area contributed by atoms with Crippen molar-refractivity contribution >= 4 is 29.4 Å². The number of anilines is 1. The molecule has 1 saturated heterocycles. The zero-order valence-corrected chi connectivity index (χ0v) is 15.4. The first-order valence-electron chi connectivity index (χ1n) is 9.23. The standard InChI is InChI=1S/C17H22N6O5/c1-9(24)19-16(20-28)11-4-15(25)21(6-11)12-5-18-23-8-13(10-2-3-10)22(17(26)27)7-14(12)23/h5,10-11,13,28H,2-4,6-8H2,1H3,(H,26,27)(H,19,20,24). The minimum absolute atomic E-state index is 0.0466. The molecule has 11 nitrogen and oxygen atoms in total. The van der Waals surface area contributed by atoms with Gasteiger partial charge in [0.15, 0.2) is 5.84 Å². The fourth-order valence-electron chi connectivity index (χ4n) is 4.11. The van der Waals surface area contributed by atoms with Crippen LogP contribution in [0.2, 0.25) is 0 Å². The molecule has 1 aliphatic carbocycles. The second kappa shape index (κ2) is 6.80. The Kier molecular flexibility index (Phi) is 4.44. The summed E-state index contributed by atoms with van der Waals surface area (Å²) in [6.07, 6.45) is 2.74. The Labute approximate surface area is 160 Å². The van der Waals surface area contributed by atoms with Crippen LogP contribution in [0.1, 0.15) is 31.9 Å². The smallest absolute Gasteiger partial charge is 0.407 e. The van der Waals surface area contributed by atoms with Crippen LogP contribution in [0.15, 0.2) is 11.4 Å². The molecule has 2 aliphatic heterocycles. The summed E-state index contributed by atoms with van der Waals surface area (Å²) in [6, 6.07) is -0.0901. The zero-order chi connectivity index (χ0) is 20.0. The van der Waals surface area contributed by atoms with Crippen LogP contribution in [-0.2, 0) is 22.7 Å². The number of carbonyl (C=O) groups is 3. The van der Waals surface area contributed by atoms with E-state index in [0.717, 1.165) is 12.8 Å². The quantitative estimate of drug-likeness (QED) is 0.296. The number of aromatic nitrogens is 2. The van der Waals surface area contributed by atoms with Gasteiger partial charge in [0.05, 0.1) is 36.7 Å². The molecule has 0 aromatic carbocycles. The molecule has 1 aromatic heterocycles. The van der Waals surface area contributed by atoms with Gasteiger partial charge in [-0.3, -0.25) is 19.2 Å². The maximum absolute atomic E-state index is 12.6. The van der Waals surface area contributed by atoms with Crippen molar-refractivity contribution in [2.45, 2.75) is 45.3 Å². The minimum Gasteiger partial charge on any atom is -0.465 e. The van der Waals surface area contributed by atoms with Gasteiger partial charge in [-0.25, -0.2) is 4.79 Å². The average Bonchev–Trinajstić information content (AvgIpc) is 3.31. The van der Waals surface area contributed by atoms with Crippen molar-refractivity contribution in [3.05, 3.63) is 11.9 Å². The maximum Gasteiger partial charge on any atom is 0.407 e. The zero-order valence-electron chi connectivity index (χ0n) is 15.4. The van der Waals surface area contributed by atoms with Crippen molar-refractivity contribution in [3.8, 4) is 0 Å². The van der Waals surface area contributed by atoms with E-state index in [1.807, 2.05) is 0 Å². The second-order valence-electron chi connectivity index (χ2n) is 7.55. The van der Waals surface area contributed by atoms with Crippen LogP contribution in [0, 0.1) is 11.8 Å². The molecule has 1 aromatic rings. The predicted molar refractivity (Wildman–Crippen MR) is 95.8 cm³/mol. The monoisotopic (exact) mass is 390 g/mol. The second-order valence-corrected chi connectivity index (χ2v) is 7.55. The molecule has 0 bridgehead atoms. The summed E-state index contributed by atoms with van der Waals surface area (Å²) in [4.78, 5) is 38.6. The van der Waals surface area contributed by atoms with Gasteiger partial charge in [0, 0.05) is 25.8 Å². The highest BCUT2D eigenvalue weighted by molar-refractivity contribution is 6.05. The molecule has 2 unspecified atom stereocenters. The van der Waals surface area contributed by atoms with E-state index in [1.54, 1.807) is 10.9 Å². The molecule has 3 aliphatic rings. The highest BCUT2D eigenvalue weighted by atomic mass is 16.4. The summed E-state index contributed by atoms with van der Waals surface area (Å²) < 4.78 is 1.78. The number of nitrogens with zero attached hydrogens (tertiary/aromatic N) is 5. The summed E-state index contributed by atoms with van der Waals surface area (Å²) in [6.45, 7) is 2.17. The molecule has 2 fully saturated rings. The van der Waals surface area contributed by atoms with Crippen molar-refractivity contribution in [1.82, 2.24) is 20.0 Å². The third kappa shape index (κ3) is 3.16. The van der Waals surface area contributed by atoms with E-state index in [2.05, 4.69) is 15.6 Å². The van der Waals surface area contributed by atoms with Gasteiger partial charge in [-0.05, 0) is 18.8 Å². The van der Waals surface area contributed by atoms with Gasteiger partial charge in [0.25, 0.3) is 0 Å². The van der Waals surface area contributed by atoms with Gasteiger partial charge in [-0.2, -0.15) is 5.10 Å². The first kappa shape index (κ1) is 18.3. The molecular weight excluding hydrogens is 368 g/mol. The maximum atomic E-state index is 12.6. The Morgan fingerprint density at radius 3 is 2.68 bits per heavy atom. The van der Waals surface area contributed by atoms with E-state index in [0.29, 0.717) is 23.8 Å². The lowest BCUT2D eigenvalue weighted by Crippen LogP contribution is -2.47. The number of nitrogens with one attached hydrogen (secondary N) is 1. The summed E-state index contributed by atoms with van der Waals surface area (Å²) in [5.41, 5.74) is 1.24. The lowest BCUT2D eigenvalue weighted by atomic mass is 10.1. The summed E-state index contributed by atoms with van der Waals surface area (Å²) in [5, 5.41) is 28.7. The highest BCUT2D eigenvalue weighted by Gasteiger charge is 2.43. The molecular formula is C17H22N6O5. The molecule has 3 N–H and O–H groups in total. The predicted octanol–water partition coefficient (Wildman–Crippen LogP) is 0.432. The fourth-order valence-corrected chi connectivity index (χ4v) is 4.11. The fraction of sp³-hybridized carbons (Fsp3) is 0.588. The van der Waals surface area contributed by atoms with E-state index < -0.39 is 12.0 Å². The Morgan fingerprint density at radius 1 is 1.32 bits per heavy atom. The molecule has 3 heterocycles. The van der Waals surface area contributed by atoms with Crippen molar-refractivity contribution < 1.29 is 24.7 Å². The SMILES string of the molecule is CC(=O)NC(=NO)C1CC(=O)N(c2cnn3c2CN(C(=O)O)C(C2CC2)C3)C1. The Hall–Kier alpha value is -3.11. The summed E-state index contributed by atoms with van der Waals surface area (Å²) in [7, 11) is 0. The van der Waals surface area contributed by atoms with Crippen molar-refractivity contribution in [1.29, 1.82) is 0 Å². The van der Waals surface area contributed by atoms with Crippen molar-refractivity contribution in [2.24, 2.45) is 17.0 Å². The van der Waals surface area contributed by atoms with Gasteiger partial charge in [-0.1, -0.05) is 5.16 Å². The van der Waals surface area contributed by atoms with Crippen LogP contribution < -0.4 is 10.2 Å². The number of hydrogen-bond donors (Lipinski definition) is 3. The number of carbonyl (C=O) groups excluding carboxylic acids is 2. The molecule has 11 heteroatoms. The Bertz CT molecular complexity index is 860. The van der Waals surface area contributed by atoms with E-state index in [9.17, 15) is 19.5 Å². The number of carboxylic acid groups (broad SMARTS) is 1. The largest absolute Gasteiger partial charge is 0.465 e. The van der Waals surface area contributed by atoms with Crippen LogP contribution in [0.4, 0.5) is 10.5 Å². The van der Waals surface area contributed by atoms with Gasteiger partial charge < -0.3 is 20.5 Å². The average molecular weight is 390 g/mol. The topological polar surface area (TPSA) is 140 Å². The van der Waals surface area contributed by atoms with Crippen molar-refractivity contribution in [2.75, 3.05) is 11.4 Å². The molecule has 4 rings (SSSR count). The molecule has 1 saturated carbocycles. The molecule has 0 spiro atoms. The molecule has 2 atom stereocenters. The molecule has 150 valence electrons. The van der Waals surface area contributed by atoms with Crippen LogP contribution >= 0.6 is 0 Å². The minimum atomic E-state index is -0.971. The van der Waals surface area contributed by atoms with E-state index >= 15 is 0 Å². The summed E-state index contributed by atoms with van der Waals surface area (Å²) >= 11 is 0. The number of amides is 3. The third-order valence-corrected chi connectivity index (χ3v) is 5.63. The number of amidine groups is 1. The van der Waals surface area contributed by atoms with E-state index in [-0.39, 0.29) is 43.2 Å². The van der Waals surface area contributed by atoms with Crippen LogP contribution in [0.25, 0.3) is 0 Å². The lowest BCUT2D eigenvalue weighted by molar-refractivity contribution is -0.118. The summed E-state index contributed by atoms with van der Waals surface area (Å²) in [5.74, 6) is -0.625. The number of hydrogen-bond acceptors (Lipinski definition) is 6. The van der Waals surface area contributed by atoms with E-state index in [4.69, 9.17) is 5.21 Å². The molecule has 0 radical (unpaired) electrons. The van der Waals surface area contributed by atoms with Gasteiger partial charge in [-0.15, -0.1) is 0 Å². The van der Waals surface area contributed by atoms with E-state index in [1.165, 1.54) is 16.7 Å². The van der Waals surface area contributed by atoms with Gasteiger partial charge in [0.2, 0.25) is 11.8 Å². The van der Waals surface area contributed by atoms with Gasteiger partial charge in [0.1, 0.15) is 0 Å². The normalized spacial score (nSPS) is 25.0. The number of oxime groups is 1. The number of fused-ring (bicyclic) bond motifs is 1. The molecule has 28 heavy (non-hydrogen) atoms. The first-order chi connectivity index (χ1) is 13.4. The Balaban J connectivity index is 1.57. The van der Waals surface area contributed by atoms with Crippen molar-refractivity contribution in [3.63, 3.8) is 0 Å². The van der Waals surface area contributed by atoms with Gasteiger partial charge >= 0.3 is 6.09 Å². The lowest BCUT2D eigenvalue weighted by Gasteiger charge is -2.35. The van der Waals surface area contributed by atoms with Crippen LogP contribution in [0.3, 0.4) is 0 Å². The first-order valence-corrected chi connectivity index (χ1v) is 9.23. The Morgan fingerprint density at radius 2 is 2.07 bits per heavy atom.